The number of hydrogen-bond acceptors (Lipinski definition) is 6. The molecule has 9 heteroatoms. The molecule has 0 spiro atoms. The van der Waals surface area contributed by atoms with Crippen LogP contribution in [0.2, 0.25) is 0 Å². The molecule has 8 nitrogen and oxygen atoms in total. The number of methoxy groups -OCH3 is 1. The maximum Gasteiger partial charge on any atom is 0.273 e. The van der Waals surface area contributed by atoms with E-state index in [4.69, 9.17) is 9.15 Å². The van der Waals surface area contributed by atoms with E-state index >= 15 is 0 Å². The smallest absolute Gasteiger partial charge is 0.273 e. The second kappa shape index (κ2) is 6.74. The lowest BCUT2D eigenvalue weighted by Crippen LogP contribution is -2.17. The van der Waals surface area contributed by atoms with Gasteiger partial charge < -0.3 is 14.5 Å². The van der Waals surface area contributed by atoms with Crippen molar-refractivity contribution >= 4 is 15.7 Å². The van der Waals surface area contributed by atoms with Gasteiger partial charge in [0.15, 0.2) is 0 Å². The maximum atomic E-state index is 11.5. The van der Waals surface area contributed by atoms with Crippen LogP contribution in [-0.4, -0.2) is 39.0 Å². The van der Waals surface area contributed by atoms with Gasteiger partial charge in [0.1, 0.15) is 5.76 Å². The minimum absolute atomic E-state index is 0.0995. The fourth-order valence-corrected chi connectivity index (χ4v) is 2.31. The number of anilines is 1. The Labute approximate surface area is 123 Å². The van der Waals surface area contributed by atoms with Crippen molar-refractivity contribution in [1.29, 1.82) is 0 Å². The van der Waals surface area contributed by atoms with Crippen molar-refractivity contribution in [2.24, 2.45) is 0 Å². The van der Waals surface area contributed by atoms with Crippen molar-refractivity contribution in [3.8, 4) is 0 Å². The number of sulfonamides is 1. The van der Waals surface area contributed by atoms with Gasteiger partial charge >= 0.3 is 0 Å². The molecule has 0 amide bonds. The van der Waals surface area contributed by atoms with Gasteiger partial charge in [-0.25, -0.2) is 13.1 Å². The molecule has 2 rings (SSSR count). The normalized spacial score (nSPS) is 11.7. The molecule has 2 N–H and O–H groups in total. The molecule has 2 heterocycles. The summed E-state index contributed by atoms with van der Waals surface area (Å²) in [7, 11) is -0.569. The zero-order chi connectivity index (χ0) is 15.3. The topological polar surface area (TPSA) is 98.4 Å². The number of furan rings is 1. The average molecular weight is 314 g/mol. The third kappa shape index (κ3) is 4.06. The number of ether oxygens (including phenoxy) is 1. The van der Waals surface area contributed by atoms with Gasteiger partial charge in [-0.15, -0.1) is 0 Å². The summed E-state index contributed by atoms with van der Waals surface area (Å²) in [5.41, 5.74) is 0.820. The lowest BCUT2D eigenvalue weighted by Gasteiger charge is -2.01. The van der Waals surface area contributed by atoms with E-state index in [0.29, 0.717) is 25.5 Å². The molecule has 0 unspecified atom stereocenters. The summed E-state index contributed by atoms with van der Waals surface area (Å²) >= 11 is 0. The van der Waals surface area contributed by atoms with Crippen molar-refractivity contribution in [3.05, 3.63) is 30.3 Å². The van der Waals surface area contributed by atoms with E-state index in [1.54, 1.807) is 24.1 Å². The summed E-state index contributed by atoms with van der Waals surface area (Å²) < 4.78 is 37.3. The fraction of sp³-hybridized carbons (Fsp3) is 0.417. The van der Waals surface area contributed by atoms with Gasteiger partial charge in [-0.05, 0) is 19.2 Å². The number of rotatable bonds is 8. The van der Waals surface area contributed by atoms with E-state index in [0.717, 1.165) is 5.69 Å². The first kappa shape index (κ1) is 15.5. The zero-order valence-corrected chi connectivity index (χ0v) is 12.7. The molecule has 0 atom stereocenters. The molecule has 0 saturated carbocycles. The van der Waals surface area contributed by atoms with Crippen LogP contribution in [0.3, 0.4) is 0 Å². The van der Waals surface area contributed by atoms with Crippen LogP contribution in [0, 0.1) is 0 Å². The van der Waals surface area contributed by atoms with Crippen LogP contribution in [0.5, 0.6) is 0 Å². The van der Waals surface area contributed by atoms with Crippen molar-refractivity contribution in [2.45, 2.75) is 18.2 Å². The van der Waals surface area contributed by atoms with Crippen LogP contribution in [0.15, 0.2) is 34.0 Å². The largest absolute Gasteiger partial charge is 0.446 e. The van der Waals surface area contributed by atoms with Crippen LogP contribution in [0.4, 0.5) is 5.69 Å². The SMILES string of the molecule is CNS(=O)(=O)c1ccc(CNc2cnn(CCOC)c2)o1. The fourth-order valence-electron chi connectivity index (χ4n) is 1.65. The van der Waals surface area contributed by atoms with Crippen molar-refractivity contribution in [3.63, 3.8) is 0 Å². The number of nitrogens with one attached hydrogen (secondary N) is 2. The molecule has 0 aromatic carbocycles. The molecular formula is C12H18N4O4S. The van der Waals surface area contributed by atoms with Gasteiger partial charge in [-0.2, -0.15) is 5.10 Å². The maximum absolute atomic E-state index is 11.5. The number of aromatic nitrogens is 2. The van der Waals surface area contributed by atoms with Crippen LogP contribution in [-0.2, 0) is 27.8 Å². The third-order valence-corrected chi connectivity index (χ3v) is 4.08. The third-order valence-electron chi connectivity index (χ3n) is 2.80. The second-order valence-corrected chi connectivity index (χ2v) is 6.08. The quantitative estimate of drug-likeness (QED) is 0.742. The van der Waals surface area contributed by atoms with Crippen LogP contribution >= 0.6 is 0 Å². The molecular weight excluding hydrogens is 296 g/mol. The van der Waals surface area contributed by atoms with E-state index in [-0.39, 0.29) is 5.09 Å². The number of nitrogens with zero attached hydrogens (tertiary/aromatic N) is 2. The molecule has 21 heavy (non-hydrogen) atoms. The lowest BCUT2D eigenvalue weighted by molar-refractivity contribution is 0.183. The summed E-state index contributed by atoms with van der Waals surface area (Å²) in [6.45, 7) is 1.63. The highest BCUT2D eigenvalue weighted by atomic mass is 32.2. The van der Waals surface area contributed by atoms with E-state index in [1.165, 1.54) is 13.1 Å². The predicted molar refractivity (Wildman–Crippen MR) is 76.4 cm³/mol. The van der Waals surface area contributed by atoms with Crippen LogP contribution in [0.25, 0.3) is 0 Å². The average Bonchev–Trinajstić information content (AvgIpc) is 3.12. The Morgan fingerprint density at radius 1 is 1.43 bits per heavy atom. The molecule has 116 valence electrons. The van der Waals surface area contributed by atoms with Crippen molar-refractivity contribution < 1.29 is 17.6 Å². The van der Waals surface area contributed by atoms with Crippen molar-refractivity contribution in [1.82, 2.24) is 14.5 Å². The summed E-state index contributed by atoms with van der Waals surface area (Å²) in [6, 6.07) is 3.04. The lowest BCUT2D eigenvalue weighted by atomic mass is 10.4. The Bertz CT molecular complexity index is 677. The van der Waals surface area contributed by atoms with Gasteiger partial charge in [0.05, 0.1) is 31.6 Å². The molecule has 0 aliphatic carbocycles. The highest BCUT2D eigenvalue weighted by Crippen LogP contribution is 2.15. The standard InChI is InChI=1S/C12H18N4O4S/c1-13-21(17,18)12-4-3-11(20-12)8-14-10-7-15-16(9-10)5-6-19-2/h3-4,7,9,13-14H,5-6,8H2,1-2H3. The van der Waals surface area contributed by atoms with E-state index < -0.39 is 10.0 Å². The Hall–Kier alpha value is -1.84. The van der Waals surface area contributed by atoms with Gasteiger partial charge in [0.25, 0.3) is 10.0 Å². The first-order valence-corrected chi connectivity index (χ1v) is 7.81. The Morgan fingerprint density at radius 2 is 2.24 bits per heavy atom. The van der Waals surface area contributed by atoms with Gasteiger partial charge in [0, 0.05) is 13.3 Å². The monoisotopic (exact) mass is 314 g/mol. The molecule has 0 radical (unpaired) electrons. The van der Waals surface area contributed by atoms with Gasteiger partial charge in [-0.3, -0.25) is 4.68 Å². The second-order valence-electron chi connectivity index (χ2n) is 4.27. The molecule has 0 fully saturated rings. The Balaban J connectivity index is 1.93. The summed E-state index contributed by atoms with van der Waals surface area (Å²) in [5, 5.41) is 7.17. The van der Waals surface area contributed by atoms with Gasteiger partial charge in [-0.1, -0.05) is 0 Å². The first-order chi connectivity index (χ1) is 10.0. The van der Waals surface area contributed by atoms with E-state index in [2.05, 4.69) is 15.1 Å². The summed E-state index contributed by atoms with van der Waals surface area (Å²) in [6.07, 6.45) is 3.52. The van der Waals surface area contributed by atoms with Crippen LogP contribution in [0.1, 0.15) is 5.76 Å². The van der Waals surface area contributed by atoms with Crippen molar-refractivity contribution in [2.75, 3.05) is 26.1 Å². The van der Waals surface area contributed by atoms with Crippen LogP contribution < -0.4 is 10.0 Å². The van der Waals surface area contributed by atoms with E-state index in [9.17, 15) is 8.42 Å². The summed E-state index contributed by atoms with van der Waals surface area (Å²) in [4.78, 5) is 0. The van der Waals surface area contributed by atoms with Gasteiger partial charge in [0.2, 0.25) is 5.09 Å². The minimum atomic E-state index is -3.54. The minimum Gasteiger partial charge on any atom is -0.446 e. The first-order valence-electron chi connectivity index (χ1n) is 6.32. The Kier molecular flexibility index (Phi) is 4.99. The van der Waals surface area contributed by atoms with E-state index in [1.807, 2.05) is 6.20 Å². The molecule has 2 aromatic rings. The number of hydrogen-bond donors (Lipinski definition) is 2. The Morgan fingerprint density at radius 3 is 2.95 bits per heavy atom. The highest BCUT2D eigenvalue weighted by molar-refractivity contribution is 7.89. The molecule has 0 bridgehead atoms. The molecule has 0 aliphatic heterocycles. The molecule has 2 aromatic heterocycles. The highest BCUT2D eigenvalue weighted by Gasteiger charge is 2.16. The molecule has 0 aliphatic rings. The predicted octanol–water partition coefficient (Wildman–Crippen LogP) is 0.643. The molecule has 0 saturated heterocycles. The zero-order valence-electron chi connectivity index (χ0n) is 11.9. The summed E-state index contributed by atoms with van der Waals surface area (Å²) in [5.74, 6) is 0.522.